The maximum Gasteiger partial charge on any atom is 0.410 e. The van der Waals surface area contributed by atoms with Crippen molar-refractivity contribution in [2.24, 2.45) is 5.41 Å². The summed E-state index contributed by atoms with van der Waals surface area (Å²) in [6, 6.07) is 9.70. The molecule has 0 unspecified atom stereocenters. The van der Waals surface area contributed by atoms with Gasteiger partial charge in [0.05, 0.1) is 0 Å². The Bertz CT molecular complexity index is 820. The van der Waals surface area contributed by atoms with Crippen LogP contribution in [0.3, 0.4) is 0 Å². The smallest absolute Gasteiger partial charge is 0.410 e. The molecule has 2 aliphatic rings. The fraction of sp³-hybridized carbons (Fsp3) is 0.444. The van der Waals surface area contributed by atoms with E-state index in [1.165, 1.54) is 0 Å². The molecular weight excluding hydrogens is 389 g/mol. The Morgan fingerprint density at radius 1 is 1.11 bits per heavy atom. The molecule has 2 aromatic rings. The standard InChI is InChI=1S/C18H19Cl2N5O2/c19-14-15(21-16(20)23-22-14)25-11-18(12-25)6-8-24(9-7-18)17(26)27-10-13-4-2-1-3-5-13/h1-5H,6-12H2. The third-order valence-electron chi connectivity index (χ3n) is 5.24. The van der Waals surface area contributed by atoms with Gasteiger partial charge in [0.15, 0.2) is 11.0 Å². The number of hydrogen-bond donors (Lipinski definition) is 0. The first-order valence-electron chi connectivity index (χ1n) is 8.81. The second-order valence-corrected chi connectivity index (χ2v) is 7.77. The molecule has 0 saturated carbocycles. The minimum Gasteiger partial charge on any atom is -0.445 e. The Kier molecular flexibility index (Phi) is 5.06. The molecule has 9 heteroatoms. The molecule has 1 amide bonds. The van der Waals surface area contributed by atoms with Gasteiger partial charge in [-0.2, -0.15) is 4.98 Å². The zero-order valence-electron chi connectivity index (χ0n) is 14.6. The normalized spacial score (nSPS) is 18.3. The monoisotopic (exact) mass is 407 g/mol. The van der Waals surface area contributed by atoms with Crippen molar-refractivity contribution in [2.45, 2.75) is 19.4 Å². The van der Waals surface area contributed by atoms with E-state index < -0.39 is 0 Å². The summed E-state index contributed by atoms with van der Waals surface area (Å²) < 4.78 is 5.43. The molecule has 1 spiro atoms. The van der Waals surface area contributed by atoms with Crippen LogP contribution < -0.4 is 4.90 Å². The van der Waals surface area contributed by atoms with Gasteiger partial charge < -0.3 is 14.5 Å². The first-order valence-corrected chi connectivity index (χ1v) is 9.57. The van der Waals surface area contributed by atoms with E-state index in [1.807, 2.05) is 30.3 Å². The molecule has 27 heavy (non-hydrogen) atoms. The summed E-state index contributed by atoms with van der Waals surface area (Å²) in [6.45, 7) is 3.34. The molecule has 4 rings (SSSR count). The quantitative estimate of drug-likeness (QED) is 0.775. The van der Waals surface area contributed by atoms with Gasteiger partial charge >= 0.3 is 6.09 Å². The summed E-state index contributed by atoms with van der Waals surface area (Å²) in [5.74, 6) is 0.576. The number of piperidine rings is 1. The molecule has 0 bridgehead atoms. The number of amides is 1. The zero-order valence-corrected chi connectivity index (χ0v) is 16.2. The molecule has 0 radical (unpaired) electrons. The molecule has 2 fully saturated rings. The van der Waals surface area contributed by atoms with Crippen LogP contribution in [0.2, 0.25) is 10.4 Å². The summed E-state index contributed by atoms with van der Waals surface area (Å²) in [4.78, 5) is 20.3. The third kappa shape index (κ3) is 3.94. The van der Waals surface area contributed by atoms with E-state index in [9.17, 15) is 4.79 Å². The van der Waals surface area contributed by atoms with Crippen LogP contribution in [0, 0.1) is 5.41 Å². The largest absolute Gasteiger partial charge is 0.445 e. The Morgan fingerprint density at radius 3 is 2.52 bits per heavy atom. The van der Waals surface area contributed by atoms with Gasteiger partial charge in [-0.25, -0.2) is 4.79 Å². The molecule has 3 heterocycles. The van der Waals surface area contributed by atoms with E-state index in [1.54, 1.807) is 4.90 Å². The van der Waals surface area contributed by atoms with E-state index in [0.29, 0.717) is 25.5 Å². The first-order chi connectivity index (χ1) is 13.0. The summed E-state index contributed by atoms with van der Waals surface area (Å²) in [5, 5.41) is 7.80. The fourth-order valence-electron chi connectivity index (χ4n) is 3.69. The summed E-state index contributed by atoms with van der Waals surface area (Å²) in [7, 11) is 0. The minimum absolute atomic E-state index is 0.0892. The third-order valence-corrected chi connectivity index (χ3v) is 5.65. The van der Waals surface area contributed by atoms with Crippen molar-refractivity contribution in [3.8, 4) is 0 Å². The van der Waals surface area contributed by atoms with E-state index in [-0.39, 0.29) is 21.9 Å². The number of nitrogens with zero attached hydrogens (tertiary/aromatic N) is 5. The number of anilines is 1. The highest BCUT2D eigenvalue weighted by atomic mass is 35.5. The molecule has 1 aromatic carbocycles. The SMILES string of the molecule is O=C(OCc1ccccc1)N1CCC2(CC1)CN(c1nc(Cl)nnc1Cl)C2. The predicted molar refractivity (Wildman–Crippen MR) is 102 cm³/mol. The lowest BCUT2D eigenvalue weighted by Gasteiger charge is -2.54. The van der Waals surface area contributed by atoms with Crippen molar-refractivity contribution in [1.82, 2.24) is 20.1 Å². The second-order valence-electron chi connectivity index (χ2n) is 7.08. The van der Waals surface area contributed by atoms with Crippen molar-refractivity contribution < 1.29 is 9.53 Å². The zero-order chi connectivity index (χ0) is 18.9. The Morgan fingerprint density at radius 2 is 1.81 bits per heavy atom. The minimum atomic E-state index is -0.250. The van der Waals surface area contributed by atoms with Crippen molar-refractivity contribution in [1.29, 1.82) is 0 Å². The number of benzene rings is 1. The number of halogens is 2. The number of rotatable bonds is 3. The molecule has 2 saturated heterocycles. The van der Waals surface area contributed by atoms with Gasteiger partial charge in [0.2, 0.25) is 5.28 Å². The first kappa shape index (κ1) is 18.3. The van der Waals surface area contributed by atoms with Crippen LogP contribution in [0.1, 0.15) is 18.4 Å². The van der Waals surface area contributed by atoms with Crippen LogP contribution in [0.5, 0.6) is 0 Å². The maximum absolute atomic E-state index is 12.3. The molecule has 0 N–H and O–H groups in total. The summed E-state index contributed by atoms with van der Waals surface area (Å²) >= 11 is 11.9. The molecule has 1 aromatic heterocycles. The predicted octanol–water partition coefficient (Wildman–Crippen LogP) is 3.42. The molecule has 7 nitrogen and oxygen atoms in total. The van der Waals surface area contributed by atoms with E-state index in [2.05, 4.69) is 20.1 Å². The molecular formula is C18H19Cl2N5O2. The highest BCUT2D eigenvalue weighted by Gasteiger charge is 2.46. The lowest BCUT2D eigenvalue weighted by Crippen LogP contribution is -2.61. The Balaban J connectivity index is 1.27. The average molecular weight is 408 g/mol. The van der Waals surface area contributed by atoms with Crippen LogP contribution in [0.15, 0.2) is 30.3 Å². The van der Waals surface area contributed by atoms with Gasteiger partial charge in [0, 0.05) is 31.6 Å². The van der Waals surface area contributed by atoms with Crippen LogP contribution in [0.25, 0.3) is 0 Å². The van der Waals surface area contributed by atoms with Crippen molar-refractivity contribution in [3.05, 3.63) is 46.3 Å². The number of carbonyl (C=O) groups is 1. The van der Waals surface area contributed by atoms with Gasteiger partial charge in [0.1, 0.15) is 6.61 Å². The fourth-order valence-corrected chi connectivity index (χ4v) is 4.01. The van der Waals surface area contributed by atoms with Gasteiger partial charge in [-0.15, -0.1) is 10.2 Å². The van der Waals surface area contributed by atoms with Crippen molar-refractivity contribution >= 4 is 35.1 Å². The van der Waals surface area contributed by atoms with Gasteiger partial charge in [0.25, 0.3) is 0 Å². The van der Waals surface area contributed by atoms with Crippen LogP contribution in [-0.4, -0.2) is 52.4 Å². The van der Waals surface area contributed by atoms with Gasteiger partial charge in [-0.3, -0.25) is 0 Å². The lowest BCUT2D eigenvalue weighted by molar-refractivity contribution is 0.0496. The van der Waals surface area contributed by atoms with E-state index in [4.69, 9.17) is 27.9 Å². The van der Waals surface area contributed by atoms with Crippen molar-refractivity contribution in [2.75, 3.05) is 31.1 Å². The second kappa shape index (κ2) is 7.48. The van der Waals surface area contributed by atoms with Gasteiger partial charge in [-0.1, -0.05) is 41.9 Å². The topological polar surface area (TPSA) is 71.5 Å². The maximum atomic E-state index is 12.3. The number of carbonyl (C=O) groups excluding carboxylic acids is 1. The Hall–Kier alpha value is -2.12. The molecule has 2 aliphatic heterocycles. The average Bonchev–Trinajstić information content (AvgIpc) is 2.67. The van der Waals surface area contributed by atoms with Crippen LogP contribution >= 0.6 is 23.2 Å². The van der Waals surface area contributed by atoms with Gasteiger partial charge in [-0.05, 0) is 30.0 Å². The van der Waals surface area contributed by atoms with E-state index in [0.717, 1.165) is 31.5 Å². The summed E-state index contributed by atoms with van der Waals surface area (Å²) in [6.07, 6.45) is 1.60. The highest BCUT2D eigenvalue weighted by molar-refractivity contribution is 6.32. The molecule has 0 aliphatic carbocycles. The number of likely N-dealkylation sites (tertiary alicyclic amines) is 1. The van der Waals surface area contributed by atoms with Crippen molar-refractivity contribution in [3.63, 3.8) is 0 Å². The molecule has 142 valence electrons. The number of aromatic nitrogens is 3. The summed E-state index contributed by atoms with van der Waals surface area (Å²) in [5.41, 5.74) is 1.17. The van der Waals surface area contributed by atoms with Crippen LogP contribution in [-0.2, 0) is 11.3 Å². The molecule has 0 atom stereocenters. The number of hydrogen-bond acceptors (Lipinski definition) is 6. The number of ether oxygens (including phenoxy) is 1. The Labute approximate surface area is 167 Å². The van der Waals surface area contributed by atoms with E-state index >= 15 is 0 Å². The highest BCUT2D eigenvalue weighted by Crippen LogP contribution is 2.43. The van der Waals surface area contributed by atoms with Crippen LogP contribution in [0.4, 0.5) is 10.6 Å². The lowest BCUT2D eigenvalue weighted by atomic mass is 9.72.